The maximum Gasteiger partial charge on any atom is 0.407 e. The number of amides is 1. The highest BCUT2D eigenvalue weighted by Gasteiger charge is 2.31. The smallest absolute Gasteiger partial charge is 0.407 e. The van der Waals surface area contributed by atoms with Gasteiger partial charge >= 0.3 is 17.2 Å². The minimum absolute atomic E-state index is 0.0941. The van der Waals surface area contributed by atoms with Crippen molar-refractivity contribution in [2.45, 2.75) is 6.54 Å². The summed E-state index contributed by atoms with van der Waals surface area (Å²) in [4.78, 5) is 37.8. The maximum atomic E-state index is 13.9. The van der Waals surface area contributed by atoms with Crippen LogP contribution in [0.2, 0.25) is 5.02 Å². The van der Waals surface area contributed by atoms with Crippen LogP contribution in [-0.4, -0.2) is 38.7 Å². The van der Waals surface area contributed by atoms with Gasteiger partial charge < -0.3 is 19.6 Å². The highest BCUT2D eigenvalue weighted by molar-refractivity contribution is 6.31. The molecule has 7 nitrogen and oxygen atoms in total. The summed E-state index contributed by atoms with van der Waals surface area (Å²) in [5, 5.41) is 8.90. The fraction of sp³-hybridized carbons (Fsp3) is 0.308. The van der Waals surface area contributed by atoms with Crippen molar-refractivity contribution in [1.82, 2.24) is 14.5 Å². The highest BCUT2D eigenvalue weighted by atomic mass is 35.5. The molecule has 0 spiro atoms. The van der Waals surface area contributed by atoms with Gasteiger partial charge in [-0.3, -0.25) is 9.59 Å². The molecule has 1 saturated heterocycles. The number of likely N-dealkylation sites (tertiary alicyclic amines) is 1. The maximum absolute atomic E-state index is 13.9. The molecule has 3 rings (SSSR count). The van der Waals surface area contributed by atoms with Crippen molar-refractivity contribution < 1.29 is 14.3 Å². The average Bonchev–Trinajstić information content (AvgIpc) is 2.38. The van der Waals surface area contributed by atoms with Gasteiger partial charge in [0.25, 0.3) is 0 Å². The molecule has 2 aromatic rings. The van der Waals surface area contributed by atoms with Gasteiger partial charge in [-0.2, -0.15) is 0 Å². The molecule has 9 heteroatoms. The third kappa shape index (κ3) is 2.35. The Morgan fingerprint density at radius 2 is 2.09 bits per heavy atom. The van der Waals surface area contributed by atoms with Crippen LogP contribution in [0, 0.1) is 11.7 Å². The first-order chi connectivity index (χ1) is 10.4. The third-order valence-corrected chi connectivity index (χ3v) is 3.89. The number of hydrogen-bond donors (Lipinski definition) is 2. The number of carbonyl (C=O) groups is 1. The molecule has 0 saturated carbocycles. The molecule has 1 aliphatic rings. The Morgan fingerprint density at radius 1 is 1.41 bits per heavy atom. The van der Waals surface area contributed by atoms with Gasteiger partial charge in [-0.1, -0.05) is 11.6 Å². The van der Waals surface area contributed by atoms with Gasteiger partial charge in [-0.15, -0.1) is 0 Å². The summed E-state index contributed by atoms with van der Waals surface area (Å²) >= 11 is 5.80. The lowest BCUT2D eigenvalue weighted by Crippen LogP contribution is -2.52. The first-order valence-electron chi connectivity index (χ1n) is 6.46. The zero-order valence-electron chi connectivity index (χ0n) is 11.2. The van der Waals surface area contributed by atoms with Gasteiger partial charge in [-0.25, -0.2) is 9.18 Å². The molecule has 22 heavy (non-hydrogen) atoms. The molecule has 1 amide bonds. The third-order valence-electron chi connectivity index (χ3n) is 3.67. The van der Waals surface area contributed by atoms with Crippen molar-refractivity contribution in [3.05, 3.63) is 43.7 Å². The standard InChI is InChI=1S/C13H11ClFN3O4/c14-7-1-8(15)10-9(2-7)18(12(20)11(19)16-10)5-6-3-17(4-6)13(21)22/h1-2,6H,3-5H2,(H,16,19)(H,21,22). The van der Waals surface area contributed by atoms with E-state index in [1.54, 1.807) is 0 Å². The Morgan fingerprint density at radius 3 is 2.73 bits per heavy atom. The van der Waals surface area contributed by atoms with E-state index >= 15 is 0 Å². The lowest BCUT2D eigenvalue weighted by molar-refractivity contribution is 0.0748. The number of H-pyrrole nitrogens is 1. The predicted octanol–water partition coefficient (Wildman–Crippen LogP) is 1.09. The topological polar surface area (TPSA) is 95.4 Å². The van der Waals surface area contributed by atoms with Gasteiger partial charge in [0.2, 0.25) is 0 Å². The first-order valence-corrected chi connectivity index (χ1v) is 6.84. The zero-order valence-corrected chi connectivity index (χ0v) is 11.9. The second-order valence-corrected chi connectivity index (χ2v) is 5.64. The summed E-state index contributed by atoms with van der Waals surface area (Å²) in [6, 6.07) is 2.44. The van der Waals surface area contributed by atoms with Crippen LogP contribution >= 0.6 is 11.6 Å². The molecular formula is C13H11ClFN3O4. The largest absolute Gasteiger partial charge is 0.465 e. The number of nitrogens with one attached hydrogen (secondary N) is 1. The van der Waals surface area contributed by atoms with Gasteiger partial charge in [0.15, 0.2) is 0 Å². The molecule has 1 aromatic heterocycles. The Labute approximate surface area is 127 Å². The van der Waals surface area contributed by atoms with E-state index in [9.17, 15) is 18.8 Å². The van der Waals surface area contributed by atoms with E-state index in [2.05, 4.69) is 4.98 Å². The number of nitrogens with zero attached hydrogens (tertiary/aromatic N) is 2. The quantitative estimate of drug-likeness (QED) is 0.807. The Hall–Kier alpha value is -2.35. The summed E-state index contributed by atoms with van der Waals surface area (Å²) in [6.45, 7) is 0.654. The second-order valence-electron chi connectivity index (χ2n) is 5.21. The van der Waals surface area contributed by atoms with E-state index in [1.165, 1.54) is 11.0 Å². The molecule has 1 aromatic carbocycles. The summed E-state index contributed by atoms with van der Waals surface area (Å²) in [7, 11) is 0. The SMILES string of the molecule is O=C(O)N1CC(Cn2c(=O)c(=O)[nH]c3c(F)cc(Cl)cc32)C1. The molecule has 0 radical (unpaired) electrons. The Bertz CT molecular complexity index is 885. The van der Waals surface area contributed by atoms with Gasteiger partial charge in [0.05, 0.1) is 5.52 Å². The van der Waals surface area contributed by atoms with Gasteiger partial charge in [0, 0.05) is 30.6 Å². The second kappa shape index (κ2) is 5.13. The predicted molar refractivity (Wildman–Crippen MR) is 76.9 cm³/mol. The molecule has 0 unspecified atom stereocenters. The molecule has 0 aliphatic carbocycles. The van der Waals surface area contributed by atoms with Crippen molar-refractivity contribution in [3.8, 4) is 0 Å². The fourth-order valence-electron chi connectivity index (χ4n) is 2.58. The molecule has 1 aliphatic heterocycles. The summed E-state index contributed by atoms with van der Waals surface area (Å²) in [5.74, 6) is -0.838. The number of rotatable bonds is 2. The normalized spacial score (nSPS) is 15.1. The number of fused-ring (bicyclic) bond motifs is 1. The van der Waals surface area contributed by atoms with Crippen molar-refractivity contribution in [2.24, 2.45) is 5.92 Å². The number of aromatic nitrogens is 2. The van der Waals surface area contributed by atoms with Crippen LogP contribution in [-0.2, 0) is 6.54 Å². The molecule has 116 valence electrons. The molecule has 2 N–H and O–H groups in total. The van der Waals surface area contributed by atoms with E-state index in [1.807, 2.05) is 0 Å². The van der Waals surface area contributed by atoms with E-state index in [4.69, 9.17) is 16.7 Å². The Balaban J connectivity index is 2.05. The molecule has 1 fully saturated rings. The minimum Gasteiger partial charge on any atom is -0.465 e. The minimum atomic E-state index is -1.03. The molecule has 0 atom stereocenters. The Kier molecular flexibility index (Phi) is 3.40. The van der Waals surface area contributed by atoms with Gasteiger partial charge in [-0.05, 0) is 12.1 Å². The van der Waals surface area contributed by atoms with Crippen LogP contribution in [0.5, 0.6) is 0 Å². The lowest BCUT2D eigenvalue weighted by Gasteiger charge is -2.37. The molecular weight excluding hydrogens is 317 g/mol. The number of aromatic amines is 1. The highest BCUT2D eigenvalue weighted by Crippen LogP contribution is 2.22. The first kappa shape index (κ1) is 14.6. The average molecular weight is 328 g/mol. The van der Waals surface area contributed by atoms with Crippen LogP contribution in [0.4, 0.5) is 9.18 Å². The van der Waals surface area contributed by atoms with Gasteiger partial charge in [0.1, 0.15) is 11.3 Å². The van der Waals surface area contributed by atoms with Crippen molar-refractivity contribution in [1.29, 1.82) is 0 Å². The number of halogens is 2. The molecule has 0 bridgehead atoms. The van der Waals surface area contributed by atoms with Crippen LogP contribution in [0.25, 0.3) is 11.0 Å². The van der Waals surface area contributed by atoms with Crippen LogP contribution < -0.4 is 11.1 Å². The fourth-order valence-corrected chi connectivity index (χ4v) is 2.78. The summed E-state index contributed by atoms with van der Waals surface area (Å²) in [5.41, 5.74) is -1.65. The summed E-state index contributed by atoms with van der Waals surface area (Å²) in [6.07, 6.45) is -1.03. The van der Waals surface area contributed by atoms with Crippen molar-refractivity contribution >= 4 is 28.7 Å². The van der Waals surface area contributed by atoms with E-state index in [0.717, 1.165) is 10.6 Å². The zero-order chi connectivity index (χ0) is 16.0. The van der Waals surface area contributed by atoms with Crippen LogP contribution in [0.3, 0.4) is 0 Å². The van der Waals surface area contributed by atoms with E-state index in [-0.39, 0.29) is 41.6 Å². The lowest BCUT2D eigenvalue weighted by atomic mass is 10.0. The number of carboxylic acid groups (broad SMARTS) is 1. The number of benzene rings is 1. The van der Waals surface area contributed by atoms with Crippen LogP contribution in [0.15, 0.2) is 21.7 Å². The molecule has 2 heterocycles. The van der Waals surface area contributed by atoms with E-state index < -0.39 is 23.0 Å². The van der Waals surface area contributed by atoms with Crippen molar-refractivity contribution in [3.63, 3.8) is 0 Å². The van der Waals surface area contributed by atoms with Crippen LogP contribution in [0.1, 0.15) is 0 Å². The van der Waals surface area contributed by atoms with Crippen molar-refractivity contribution in [2.75, 3.05) is 13.1 Å². The van der Waals surface area contributed by atoms with E-state index in [0.29, 0.717) is 0 Å². The summed E-state index contributed by atoms with van der Waals surface area (Å²) < 4.78 is 15.0. The number of hydrogen-bond acceptors (Lipinski definition) is 3. The monoisotopic (exact) mass is 327 g/mol.